The van der Waals surface area contributed by atoms with Gasteiger partial charge in [-0.1, -0.05) is 25.6 Å². The lowest BCUT2D eigenvalue weighted by molar-refractivity contribution is -0.120. The number of nitrogens with zero attached hydrogens (tertiary/aromatic N) is 2. The van der Waals surface area contributed by atoms with E-state index in [4.69, 9.17) is 10.7 Å². The van der Waals surface area contributed by atoms with Crippen LogP contribution in [-0.2, 0) is 24.2 Å². The molecule has 3 rings (SSSR count). The summed E-state index contributed by atoms with van der Waals surface area (Å²) in [6.07, 6.45) is 4.17. The van der Waals surface area contributed by atoms with Crippen LogP contribution >= 0.6 is 23.1 Å². The third-order valence-electron chi connectivity index (χ3n) is 4.70. The Kier molecular flexibility index (Phi) is 5.90. The Hall–Kier alpha value is -1.87. The van der Waals surface area contributed by atoms with E-state index in [9.17, 15) is 14.4 Å². The van der Waals surface area contributed by atoms with E-state index in [0.29, 0.717) is 11.7 Å². The van der Waals surface area contributed by atoms with Crippen molar-refractivity contribution in [2.24, 2.45) is 11.7 Å². The highest BCUT2D eigenvalue weighted by Crippen LogP contribution is 2.35. The number of urea groups is 1. The number of fused-ring (bicyclic) bond motifs is 3. The van der Waals surface area contributed by atoms with Crippen molar-refractivity contribution in [2.45, 2.75) is 63.4 Å². The smallest absolute Gasteiger partial charge is 0.318 e. The molecule has 146 valence electrons. The summed E-state index contributed by atoms with van der Waals surface area (Å²) in [7, 11) is 0. The lowest BCUT2D eigenvalue weighted by atomic mass is 9.97. The molecule has 3 N–H and O–H groups in total. The van der Waals surface area contributed by atoms with Gasteiger partial charge in [0.15, 0.2) is 5.16 Å². The molecule has 7 nitrogen and oxygen atoms in total. The van der Waals surface area contributed by atoms with E-state index in [-0.39, 0.29) is 11.5 Å². The highest BCUT2D eigenvalue weighted by molar-refractivity contribution is 8.00. The zero-order valence-corrected chi connectivity index (χ0v) is 17.3. The normalized spacial score (nSPS) is 15.0. The van der Waals surface area contributed by atoms with Gasteiger partial charge in [-0.3, -0.25) is 19.5 Å². The summed E-state index contributed by atoms with van der Waals surface area (Å²) < 4.78 is 1.63. The molecule has 0 bridgehead atoms. The Morgan fingerprint density at radius 2 is 2.04 bits per heavy atom. The molecular formula is C18H24N4O3S2. The zero-order chi connectivity index (χ0) is 19.7. The fourth-order valence-corrected chi connectivity index (χ4v) is 5.85. The number of hydrogen-bond acceptors (Lipinski definition) is 6. The lowest BCUT2D eigenvalue weighted by Crippen LogP contribution is -2.42. The van der Waals surface area contributed by atoms with Gasteiger partial charge in [0.1, 0.15) is 4.83 Å². The minimum Gasteiger partial charge on any atom is -0.351 e. The van der Waals surface area contributed by atoms with Crippen LogP contribution in [0.2, 0.25) is 0 Å². The summed E-state index contributed by atoms with van der Waals surface area (Å²) in [5, 5.41) is 2.81. The van der Waals surface area contributed by atoms with Gasteiger partial charge in [0, 0.05) is 11.4 Å². The first-order valence-electron chi connectivity index (χ1n) is 9.15. The Bertz CT molecular complexity index is 948. The van der Waals surface area contributed by atoms with E-state index >= 15 is 0 Å². The number of amides is 3. The Labute approximate surface area is 165 Å². The summed E-state index contributed by atoms with van der Waals surface area (Å²) in [5.74, 6) is -0.534. The number of rotatable bonds is 5. The van der Waals surface area contributed by atoms with Crippen LogP contribution in [0.4, 0.5) is 4.79 Å². The van der Waals surface area contributed by atoms with Crippen LogP contribution < -0.4 is 16.6 Å². The largest absolute Gasteiger partial charge is 0.351 e. The fraction of sp³-hybridized carbons (Fsp3) is 0.556. The van der Waals surface area contributed by atoms with Crippen LogP contribution in [0.25, 0.3) is 10.2 Å². The quantitative estimate of drug-likeness (QED) is 0.584. The maximum absolute atomic E-state index is 13.2. The molecule has 27 heavy (non-hydrogen) atoms. The van der Waals surface area contributed by atoms with E-state index in [2.05, 4.69) is 5.32 Å². The van der Waals surface area contributed by atoms with Crippen molar-refractivity contribution in [3.63, 3.8) is 0 Å². The third kappa shape index (κ3) is 3.89. The van der Waals surface area contributed by atoms with Gasteiger partial charge in [-0.15, -0.1) is 11.3 Å². The van der Waals surface area contributed by atoms with Crippen molar-refractivity contribution in [1.82, 2.24) is 14.9 Å². The van der Waals surface area contributed by atoms with Gasteiger partial charge >= 0.3 is 6.03 Å². The fourth-order valence-electron chi connectivity index (χ4n) is 3.39. The molecule has 2 aromatic rings. The number of nitrogens with one attached hydrogen (secondary N) is 1. The molecule has 2 heterocycles. The number of carbonyl (C=O) groups excluding carboxylic acids is 2. The van der Waals surface area contributed by atoms with Crippen LogP contribution in [-0.4, -0.2) is 26.7 Å². The third-order valence-corrected chi connectivity index (χ3v) is 7.42. The second-order valence-electron chi connectivity index (χ2n) is 6.97. The van der Waals surface area contributed by atoms with Crippen molar-refractivity contribution < 1.29 is 9.59 Å². The molecule has 0 aliphatic heterocycles. The lowest BCUT2D eigenvalue weighted by Gasteiger charge is -2.20. The molecular weight excluding hydrogens is 384 g/mol. The maximum Gasteiger partial charge on any atom is 0.318 e. The first kappa shape index (κ1) is 19.9. The highest BCUT2D eigenvalue weighted by atomic mass is 32.2. The SMILES string of the molecule is CCn1c(S[C@H](C(=O)NC(N)=O)C(C)C)nc2sc3c(c2c1=O)CCCC3. The Morgan fingerprint density at radius 1 is 1.33 bits per heavy atom. The summed E-state index contributed by atoms with van der Waals surface area (Å²) in [6.45, 7) is 6.13. The number of imide groups is 1. The minimum atomic E-state index is -0.881. The molecule has 0 unspecified atom stereocenters. The highest BCUT2D eigenvalue weighted by Gasteiger charge is 2.28. The number of nitrogens with two attached hydrogens (primary N) is 1. The van der Waals surface area contributed by atoms with E-state index in [1.165, 1.54) is 16.6 Å². The van der Waals surface area contributed by atoms with Crippen LogP contribution in [0.15, 0.2) is 9.95 Å². The maximum atomic E-state index is 13.2. The number of primary amides is 1. The molecule has 0 spiro atoms. The summed E-state index contributed by atoms with van der Waals surface area (Å²) >= 11 is 2.80. The van der Waals surface area contributed by atoms with E-state index in [1.54, 1.807) is 15.9 Å². The molecule has 9 heteroatoms. The summed E-state index contributed by atoms with van der Waals surface area (Å²) in [5.41, 5.74) is 6.20. The predicted molar refractivity (Wildman–Crippen MR) is 108 cm³/mol. The molecule has 0 radical (unpaired) electrons. The average Bonchev–Trinajstić information content (AvgIpc) is 2.97. The predicted octanol–water partition coefficient (Wildman–Crippen LogP) is 2.67. The van der Waals surface area contributed by atoms with E-state index in [0.717, 1.165) is 41.5 Å². The van der Waals surface area contributed by atoms with Crippen LogP contribution in [0.1, 0.15) is 44.1 Å². The van der Waals surface area contributed by atoms with Crippen LogP contribution in [0, 0.1) is 5.92 Å². The molecule has 1 aliphatic rings. The minimum absolute atomic E-state index is 0.0396. The standard InChI is InChI=1S/C18H24N4O3S2/c1-4-22-16(24)12-10-7-5-6-8-11(10)26-15(12)21-18(22)27-13(9(2)3)14(23)20-17(19)25/h9,13H,4-8H2,1-3H3,(H3,19,20,23,25)/t13-/m0/s1. The topological polar surface area (TPSA) is 107 Å². The molecule has 1 aliphatic carbocycles. The Morgan fingerprint density at radius 3 is 2.67 bits per heavy atom. The number of carbonyl (C=O) groups is 2. The molecule has 0 aromatic carbocycles. The first-order valence-corrected chi connectivity index (χ1v) is 10.8. The number of thioether (sulfide) groups is 1. The van der Waals surface area contributed by atoms with Gasteiger partial charge in [-0.05, 0) is 44.1 Å². The molecule has 0 saturated heterocycles. The number of aromatic nitrogens is 2. The number of hydrogen-bond donors (Lipinski definition) is 2. The van der Waals surface area contributed by atoms with Gasteiger partial charge in [-0.25, -0.2) is 9.78 Å². The van der Waals surface area contributed by atoms with Crippen LogP contribution in [0.3, 0.4) is 0 Å². The number of aryl methyl sites for hydroxylation is 2. The second kappa shape index (κ2) is 8.02. The van der Waals surface area contributed by atoms with E-state index < -0.39 is 17.2 Å². The summed E-state index contributed by atoms with van der Waals surface area (Å²) in [4.78, 5) is 43.3. The number of thiophene rings is 1. The van der Waals surface area contributed by atoms with Crippen LogP contribution in [0.5, 0.6) is 0 Å². The molecule has 0 saturated carbocycles. The van der Waals surface area contributed by atoms with Crippen molar-refractivity contribution >= 4 is 45.3 Å². The Balaban J connectivity index is 2.06. The van der Waals surface area contributed by atoms with Crippen molar-refractivity contribution in [3.8, 4) is 0 Å². The van der Waals surface area contributed by atoms with Gasteiger partial charge in [0.2, 0.25) is 5.91 Å². The molecule has 3 amide bonds. The van der Waals surface area contributed by atoms with Gasteiger partial charge < -0.3 is 5.73 Å². The first-order chi connectivity index (χ1) is 12.8. The zero-order valence-electron chi connectivity index (χ0n) is 15.7. The van der Waals surface area contributed by atoms with Gasteiger partial charge in [-0.2, -0.15) is 0 Å². The van der Waals surface area contributed by atoms with Gasteiger partial charge in [0.25, 0.3) is 5.56 Å². The second-order valence-corrected chi connectivity index (χ2v) is 9.16. The van der Waals surface area contributed by atoms with Crippen molar-refractivity contribution in [1.29, 1.82) is 0 Å². The van der Waals surface area contributed by atoms with Gasteiger partial charge in [0.05, 0.1) is 10.6 Å². The van der Waals surface area contributed by atoms with E-state index in [1.807, 2.05) is 20.8 Å². The monoisotopic (exact) mass is 408 g/mol. The molecule has 1 atom stereocenters. The molecule has 2 aromatic heterocycles. The van der Waals surface area contributed by atoms with Crippen molar-refractivity contribution in [2.75, 3.05) is 0 Å². The molecule has 0 fully saturated rings. The summed E-state index contributed by atoms with van der Waals surface area (Å²) in [6, 6.07) is -0.881. The average molecular weight is 409 g/mol. The van der Waals surface area contributed by atoms with Crippen molar-refractivity contribution in [3.05, 3.63) is 20.8 Å².